The number of hydrogen-bond donors (Lipinski definition) is 1. The number of carbonyl (C=O) groups excluding carboxylic acids is 1. The van der Waals surface area contributed by atoms with Gasteiger partial charge in [-0.05, 0) is 6.07 Å². The second kappa shape index (κ2) is 6.29. The van der Waals surface area contributed by atoms with E-state index in [0.29, 0.717) is 18.9 Å². The molecule has 1 aromatic rings. The molecule has 1 saturated heterocycles. The molecule has 0 aliphatic carbocycles. The third kappa shape index (κ3) is 3.41. The van der Waals surface area contributed by atoms with Crippen molar-refractivity contribution in [2.75, 3.05) is 44.7 Å². The van der Waals surface area contributed by atoms with E-state index >= 15 is 0 Å². The molecule has 20 heavy (non-hydrogen) atoms. The van der Waals surface area contributed by atoms with Gasteiger partial charge in [0.2, 0.25) is 5.91 Å². The summed E-state index contributed by atoms with van der Waals surface area (Å²) in [5.74, 6) is 0.577. The summed E-state index contributed by atoms with van der Waals surface area (Å²) in [5, 5.41) is 13.7. The van der Waals surface area contributed by atoms with Crippen molar-refractivity contribution >= 4 is 17.4 Å². The Hall–Kier alpha value is -2.22. The molecule has 2 heterocycles. The second-order valence-corrected chi connectivity index (χ2v) is 4.62. The Kier molecular flexibility index (Phi) is 4.46. The highest BCUT2D eigenvalue weighted by molar-refractivity contribution is 5.81. The van der Waals surface area contributed by atoms with Gasteiger partial charge in [-0.3, -0.25) is 14.9 Å². The Balaban J connectivity index is 1.94. The van der Waals surface area contributed by atoms with E-state index in [1.54, 1.807) is 22.9 Å². The maximum Gasteiger partial charge on any atom is 0.287 e. The summed E-state index contributed by atoms with van der Waals surface area (Å²) in [4.78, 5) is 29.6. The summed E-state index contributed by atoms with van der Waals surface area (Å²) >= 11 is 0. The summed E-state index contributed by atoms with van der Waals surface area (Å²) in [6.07, 6.45) is 1.20. The summed E-state index contributed by atoms with van der Waals surface area (Å²) < 4.78 is 0. The largest absolute Gasteiger partial charge is 0.350 e. The molecule has 1 N–H and O–H groups in total. The molecule has 0 spiro atoms. The van der Waals surface area contributed by atoms with Crippen LogP contribution in [0.3, 0.4) is 0 Å². The minimum absolute atomic E-state index is 0.0363. The normalized spacial score (nSPS) is 14.9. The summed E-state index contributed by atoms with van der Waals surface area (Å²) in [6, 6.07) is 2.93. The highest BCUT2D eigenvalue weighted by Crippen LogP contribution is 2.14. The van der Waals surface area contributed by atoms with Gasteiger partial charge in [0.05, 0.1) is 11.5 Å². The van der Waals surface area contributed by atoms with Gasteiger partial charge in [-0.15, -0.1) is 0 Å². The second-order valence-electron chi connectivity index (χ2n) is 4.62. The van der Waals surface area contributed by atoms with Gasteiger partial charge in [0.15, 0.2) is 0 Å². The Labute approximate surface area is 116 Å². The average molecular weight is 279 g/mol. The summed E-state index contributed by atoms with van der Waals surface area (Å²) in [6.45, 7) is 3.25. The lowest BCUT2D eigenvalue weighted by molar-refractivity contribution is -0.385. The molecule has 1 fully saturated rings. The molecule has 1 aliphatic heterocycles. The van der Waals surface area contributed by atoms with Gasteiger partial charge in [-0.1, -0.05) is 0 Å². The topological polar surface area (TPSA) is 91.6 Å². The highest BCUT2D eigenvalue weighted by Gasteiger charge is 2.18. The molecule has 1 aliphatic rings. The van der Waals surface area contributed by atoms with Gasteiger partial charge in [0.1, 0.15) is 12.0 Å². The van der Waals surface area contributed by atoms with Gasteiger partial charge in [0, 0.05) is 39.3 Å². The van der Waals surface area contributed by atoms with Crippen LogP contribution in [0, 0.1) is 10.1 Å². The standard InChI is InChI=1S/C12H17N5O3/c1-15(9-12(18)16-6-4-13-5-7-16)11-3-2-10(8-14-11)17(19)20/h2-3,8,13H,4-7,9H2,1H3. The monoisotopic (exact) mass is 279 g/mol. The number of rotatable bonds is 4. The van der Waals surface area contributed by atoms with Crippen LogP contribution < -0.4 is 10.2 Å². The lowest BCUT2D eigenvalue weighted by atomic mass is 10.3. The van der Waals surface area contributed by atoms with E-state index in [1.807, 2.05) is 0 Å². The number of piperazine rings is 1. The smallest absolute Gasteiger partial charge is 0.287 e. The lowest BCUT2D eigenvalue weighted by Gasteiger charge is -2.29. The number of anilines is 1. The molecule has 108 valence electrons. The van der Waals surface area contributed by atoms with Crippen molar-refractivity contribution in [2.24, 2.45) is 0 Å². The molecule has 0 bridgehead atoms. The fourth-order valence-corrected chi connectivity index (χ4v) is 2.01. The minimum Gasteiger partial charge on any atom is -0.350 e. The number of aromatic nitrogens is 1. The van der Waals surface area contributed by atoms with Gasteiger partial charge in [-0.25, -0.2) is 4.98 Å². The van der Waals surface area contributed by atoms with Crippen molar-refractivity contribution in [3.63, 3.8) is 0 Å². The lowest BCUT2D eigenvalue weighted by Crippen LogP contribution is -2.49. The minimum atomic E-state index is -0.497. The Morgan fingerprint density at radius 1 is 1.50 bits per heavy atom. The molecule has 8 nitrogen and oxygen atoms in total. The van der Waals surface area contributed by atoms with E-state index in [2.05, 4.69) is 10.3 Å². The molecule has 0 unspecified atom stereocenters. The van der Waals surface area contributed by atoms with E-state index in [0.717, 1.165) is 13.1 Å². The number of nitro groups is 1. The third-order valence-electron chi connectivity index (χ3n) is 3.18. The Morgan fingerprint density at radius 3 is 2.75 bits per heavy atom. The molecule has 0 aromatic carbocycles. The zero-order valence-electron chi connectivity index (χ0n) is 11.3. The van der Waals surface area contributed by atoms with Crippen molar-refractivity contribution in [3.8, 4) is 0 Å². The molecule has 0 radical (unpaired) electrons. The number of nitrogens with one attached hydrogen (secondary N) is 1. The number of nitrogens with zero attached hydrogens (tertiary/aromatic N) is 4. The maximum atomic E-state index is 12.1. The molecule has 0 atom stereocenters. The first kappa shape index (κ1) is 14.2. The zero-order valence-corrected chi connectivity index (χ0v) is 11.3. The van der Waals surface area contributed by atoms with Crippen LogP contribution in [0.15, 0.2) is 18.3 Å². The van der Waals surface area contributed by atoms with Crippen molar-refractivity contribution in [2.45, 2.75) is 0 Å². The maximum absolute atomic E-state index is 12.1. The number of amides is 1. The molecule has 0 saturated carbocycles. The summed E-state index contributed by atoms with van der Waals surface area (Å²) in [7, 11) is 1.74. The predicted octanol–water partition coefficient (Wildman–Crippen LogP) is -0.142. The first-order valence-electron chi connectivity index (χ1n) is 6.38. The molecule has 1 aromatic heterocycles. The van der Waals surface area contributed by atoms with E-state index in [-0.39, 0.29) is 18.1 Å². The third-order valence-corrected chi connectivity index (χ3v) is 3.18. The van der Waals surface area contributed by atoms with Crippen LogP contribution in [-0.2, 0) is 4.79 Å². The Morgan fingerprint density at radius 2 is 2.20 bits per heavy atom. The van der Waals surface area contributed by atoms with Crippen molar-refractivity contribution < 1.29 is 9.72 Å². The van der Waals surface area contributed by atoms with E-state index < -0.39 is 4.92 Å². The quantitative estimate of drug-likeness (QED) is 0.609. The van der Waals surface area contributed by atoms with E-state index in [1.165, 1.54) is 12.3 Å². The first-order valence-corrected chi connectivity index (χ1v) is 6.38. The van der Waals surface area contributed by atoms with Crippen molar-refractivity contribution in [1.29, 1.82) is 0 Å². The fourth-order valence-electron chi connectivity index (χ4n) is 2.01. The van der Waals surface area contributed by atoms with Crippen LogP contribution in [0.4, 0.5) is 11.5 Å². The van der Waals surface area contributed by atoms with Gasteiger partial charge >= 0.3 is 0 Å². The number of likely N-dealkylation sites (N-methyl/N-ethyl adjacent to an activating group) is 1. The molecule has 1 amide bonds. The van der Waals surface area contributed by atoms with Crippen LogP contribution in [-0.4, -0.2) is 60.5 Å². The number of carbonyl (C=O) groups is 1. The average Bonchev–Trinajstić information content (AvgIpc) is 2.48. The Bertz CT molecular complexity index is 484. The van der Waals surface area contributed by atoms with Crippen LogP contribution in [0.25, 0.3) is 0 Å². The summed E-state index contributed by atoms with van der Waals surface area (Å²) in [5.41, 5.74) is -0.0596. The van der Waals surface area contributed by atoms with E-state index in [4.69, 9.17) is 0 Å². The van der Waals surface area contributed by atoms with Crippen LogP contribution in [0.1, 0.15) is 0 Å². The van der Waals surface area contributed by atoms with Crippen molar-refractivity contribution in [3.05, 3.63) is 28.4 Å². The van der Waals surface area contributed by atoms with Gasteiger partial charge < -0.3 is 15.1 Å². The van der Waals surface area contributed by atoms with Crippen LogP contribution in [0.5, 0.6) is 0 Å². The van der Waals surface area contributed by atoms with Gasteiger partial charge in [-0.2, -0.15) is 0 Å². The van der Waals surface area contributed by atoms with Crippen LogP contribution >= 0.6 is 0 Å². The van der Waals surface area contributed by atoms with Crippen molar-refractivity contribution in [1.82, 2.24) is 15.2 Å². The number of pyridine rings is 1. The number of hydrogen-bond acceptors (Lipinski definition) is 6. The van der Waals surface area contributed by atoms with E-state index in [9.17, 15) is 14.9 Å². The first-order chi connectivity index (χ1) is 9.58. The molecular formula is C12H17N5O3. The fraction of sp³-hybridized carbons (Fsp3) is 0.500. The molecule has 8 heteroatoms. The highest BCUT2D eigenvalue weighted by atomic mass is 16.6. The molecular weight excluding hydrogens is 262 g/mol. The zero-order chi connectivity index (χ0) is 14.5. The van der Waals surface area contributed by atoms with Gasteiger partial charge in [0.25, 0.3) is 5.69 Å². The van der Waals surface area contributed by atoms with Crippen LogP contribution in [0.2, 0.25) is 0 Å². The predicted molar refractivity (Wildman–Crippen MR) is 73.6 cm³/mol. The SMILES string of the molecule is CN(CC(=O)N1CCNCC1)c1ccc([N+](=O)[O-])cn1. The molecule has 2 rings (SSSR count).